The predicted octanol–water partition coefficient (Wildman–Crippen LogP) is -0.881. The first kappa shape index (κ1) is 17.0. The van der Waals surface area contributed by atoms with Crippen LogP contribution in [-0.4, -0.2) is 68.4 Å². The molecule has 0 bridgehead atoms. The van der Waals surface area contributed by atoms with Gasteiger partial charge in [0.25, 0.3) is 10.1 Å². The molecule has 0 saturated carbocycles. The molecule has 0 saturated heterocycles. The Morgan fingerprint density at radius 3 is 2.07 bits per heavy atom. The Morgan fingerprint density at radius 2 is 1.86 bits per heavy atom. The Labute approximate surface area is 114 Å². The molecular formula is C7H17CaNO4S. The Morgan fingerprint density at radius 1 is 1.43 bits per heavy atom. The van der Waals surface area contributed by atoms with Gasteiger partial charge in [-0.3, -0.25) is 9.35 Å². The number of carbonyl (C=O) groups is 1. The fraction of sp³-hybridized carbons (Fsp3) is 0.857. The first-order chi connectivity index (χ1) is 5.75. The number of rotatable bonds is 4. The normalized spacial score (nSPS) is 13.2. The zero-order valence-electron chi connectivity index (χ0n) is 7.94. The topological polar surface area (TPSA) is 83.5 Å². The van der Waals surface area contributed by atoms with Crippen LogP contribution in [0.1, 0.15) is 20.8 Å². The van der Waals surface area contributed by atoms with E-state index in [1.54, 1.807) is 13.8 Å². The first-order valence-corrected chi connectivity index (χ1v) is 5.46. The number of nitrogens with one attached hydrogen (secondary N) is 1. The van der Waals surface area contributed by atoms with Crippen molar-refractivity contribution in [3.05, 3.63) is 0 Å². The summed E-state index contributed by atoms with van der Waals surface area (Å²) in [6.07, 6.45) is 0. The first-order valence-electron chi connectivity index (χ1n) is 3.96. The molecule has 5 nitrogen and oxygen atoms in total. The minimum atomic E-state index is -4.07. The van der Waals surface area contributed by atoms with Crippen molar-refractivity contribution in [1.29, 1.82) is 0 Å². The van der Waals surface area contributed by atoms with Crippen LogP contribution < -0.4 is 5.32 Å². The van der Waals surface area contributed by atoms with Crippen LogP contribution in [0.2, 0.25) is 0 Å². The van der Waals surface area contributed by atoms with Crippen molar-refractivity contribution in [3.63, 3.8) is 0 Å². The van der Waals surface area contributed by atoms with Gasteiger partial charge in [-0.2, -0.15) is 8.42 Å². The van der Waals surface area contributed by atoms with Gasteiger partial charge in [0.1, 0.15) is 5.25 Å². The van der Waals surface area contributed by atoms with E-state index in [1.807, 2.05) is 0 Å². The van der Waals surface area contributed by atoms with E-state index in [9.17, 15) is 13.2 Å². The van der Waals surface area contributed by atoms with Crippen molar-refractivity contribution < 1.29 is 17.8 Å². The summed E-state index contributed by atoms with van der Waals surface area (Å²) < 4.78 is 30.4. The van der Waals surface area contributed by atoms with E-state index in [4.69, 9.17) is 4.55 Å². The van der Waals surface area contributed by atoms with Crippen LogP contribution in [0.3, 0.4) is 0 Å². The number of hydrogen-bond acceptors (Lipinski definition) is 3. The number of carbonyl (C=O) groups excluding carboxylic acids is 1. The maximum atomic E-state index is 10.8. The Bertz CT molecular complexity index is 275. The van der Waals surface area contributed by atoms with Crippen LogP contribution in [0.15, 0.2) is 0 Å². The molecule has 0 aliphatic rings. The van der Waals surface area contributed by atoms with E-state index in [-0.39, 0.29) is 56.1 Å². The van der Waals surface area contributed by atoms with Crippen molar-refractivity contribution >= 4 is 53.8 Å². The summed E-state index contributed by atoms with van der Waals surface area (Å²) in [5.74, 6) is -0.545. The van der Waals surface area contributed by atoms with Crippen LogP contribution in [0.4, 0.5) is 0 Å². The van der Waals surface area contributed by atoms with Gasteiger partial charge in [-0.15, -0.1) is 0 Å². The molecule has 1 amide bonds. The molecule has 2 N–H and O–H groups in total. The molecule has 0 radical (unpaired) electrons. The van der Waals surface area contributed by atoms with Crippen molar-refractivity contribution in [2.75, 3.05) is 6.54 Å². The average Bonchev–Trinajstić information content (AvgIpc) is 1.81. The Balaban J connectivity index is 0. The van der Waals surface area contributed by atoms with Gasteiger partial charge in [-0.25, -0.2) is 0 Å². The summed E-state index contributed by atoms with van der Waals surface area (Å²) in [6.45, 7) is 4.58. The average molecular weight is 251 g/mol. The summed E-state index contributed by atoms with van der Waals surface area (Å²) in [4.78, 5) is 10.5. The summed E-state index contributed by atoms with van der Waals surface area (Å²) >= 11 is 0. The van der Waals surface area contributed by atoms with Crippen molar-refractivity contribution in [3.8, 4) is 0 Å². The van der Waals surface area contributed by atoms with Crippen molar-refractivity contribution in [1.82, 2.24) is 5.32 Å². The van der Waals surface area contributed by atoms with Gasteiger partial charge in [-0.1, -0.05) is 13.8 Å². The van der Waals surface area contributed by atoms with Gasteiger partial charge >= 0.3 is 37.7 Å². The van der Waals surface area contributed by atoms with E-state index >= 15 is 0 Å². The fourth-order valence-electron chi connectivity index (χ4n) is 0.929. The zero-order chi connectivity index (χ0) is 10.6. The SMILES string of the molecule is CC(=O)NCC(C(C)C)S(=O)(=O)O.[CaH2]. The third-order valence-corrected chi connectivity index (χ3v) is 3.15. The summed E-state index contributed by atoms with van der Waals surface area (Å²) in [5, 5.41) is 1.42. The molecule has 0 fully saturated rings. The quantitative estimate of drug-likeness (QED) is 0.502. The predicted molar refractivity (Wildman–Crippen MR) is 57.4 cm³/mol. The third kappa shape index (κ3) is 7.00. The van der Waals surface area contributed by atoms with Crippen molar-refractivity contribution in [2.45, 2.75) is 26.0 Å². The molecular weight excluding hydrogens is 234 g/mol. The van der Waals surface area contributed by atoms with E-state index in [0.717, 1.165) is 0 Å². The molecule has 0 spiro atoms. The molecule has 0 rings (SSSR count). The Hall–Kier alpha value is 0.640. The van der Waals surface area contributed by atoms with Gasteiger partial charge < -0.3 is 5.32 Å². The number of hydrogen-bond donors (Lipinski definition) is 2. The fourth-order valence-corrected chi connectivity index (χ4v) is 1.91. The molecule has 0 aromatic carbocycles. The molecule has 7 heteroatoms. The summed E-state index contributed by atoms with van der Waals surface area (Å²) in [5.41, 5.74) is 0. The van der Waals surface area contributed by atoms with Crippen LogP contribution in [0, 0.1) is 5.92 Å². The van der Waals surface area contributed by atoms with E-state index in [2.05, 4.69) is 5.32 Å². The number of amides is 1. The van der Waals surface area contributed by atoms with Gasteiger partial charge in [-0.05, 0) is 5.92 Å². The minimum absolute atomic E-state index is 0. The van der Waals surface area contributed by atoms with Crippen LogP contribution in [0.5, 0.6) is 0 Å². The van der Waals surface area contributed by atoms with Crippen LogP contribution in [0.25, 0.3) is 0 Å². The molecule has 82 valence electrons. The Kier molecular flexibility index (Phi) is 8.53. The van der Waals surface area contributed by atoms with Gasteiger partial charge in [0.2, 0.25) is 5.91 Å². The molecule has 0 aromatic heterocycles. The zero-order valence-corrected chi connectivity index (χ0v) is 8.76. The summed E-state index contributed by atoms with van der Waals surface area (Å²) in [6, 6.07) is 0. The van der Waals surface area contributed by atoms with E-state index in [1.165, 1.54) is 6.92 Å². The monoisotopic (exact) mass is 251 g/mol. The standard InChI is InChI=1S/C7H15NO4S.Ca.2H/c1-5(2)7(13(10,11)12)4-8-6(3)9;;;/h5,7H,4H2,1-3H3,(H,8,9)(H,10,11,12);;;. The van der Waals surface area contributed by atoms with Gasteiger partial charge in [0.05, 0.1) is 0 Å². The molecule has 0 heterocycles. The molecule has 0 aromatic rings. The second-order valence-corrected chi connectivity index (χ2v) is 4.87. The van der Waals surface area contributed by atoms with E-state index < -0.39 is 15.4 Å². The van der Waals surface area contributed by atoms with Gasteiger partial charge in [0.15, 0.2) is 0 Å². The van der Waals surface area contributed by atoms with E-state index in [0.29, 0.717) is 0 Å². The molecule has 0 aliphatic carbocycles. The second kappa shape index (κ2) is 7.00. The van der Waals surface area contributed by atoms with Crippen LogP contribution in [-0.2, 0) is 14.9 Å². The molecule has 1 unspecified atom stereocenters. The maximum absolute atomic E-state index is 10.8. The molecule has 0 aliphatic heterocycles. The van der Waals surface area contributed by atoms with Crippen LogP contribution >= 0.6 is 0 Å². The molecule has 1 atom stereocenters. The summed E-state index contributed by atoms with van der Waals surface area (Å²) in [7, 11) is -4.07. The van der Waals surface area contributed by atoms with Crippen molar-refractivity contribution in [2.24, 2.45) is 5.92 Å². The van der Waals surface area contributed by atoms with Gasteiger partial charge in [0, 0.05) is 13.5 Å². The second-order valence-electron chi connectivity index (χ2n) is 3.23. The third-order valence-electron chi connectivity index (χ3n) is 1.68. The molecule has 14 heavy (non-hydrogen) atoms.